The number of aromatic carboxylic acids is 1. The Kier molecular flexibility index (Phi) is 4.75. The van der Waals surface area contributed by atoms with E-state index < -0.39 is 5.97 Å². The summed E-state index contributed by atoms with van der Waals surface area (Å²) in [6.45, 7) is 1.44. The number of amides is 1. The van der Waals surface area contributed by atoms with E-state index in [1.165, 1.54) is 18.3 Å². The van der Waals surface area contributed by atoms with Gasteiger partial charge in [-0.25, -0.2) is 9.78 Å². The highest BCUT2D eigenvalue weighted by molar-refractivity contribution is 7.98. The van der Waals surface area contributed by atoms with E-state index >= 15 is 0 Å². The molecular formula is C13H12N2O3S2. The molecule has 104 valence electrons. The molecule has 1 aromatic heterocycles. The number of nitrogens with zero attached hydrogens (tertiary/aromatic N) is 1. The number of carbonyl (C=O) groups is 2. The molecule has 2 N–H and O–H groups in total. The second kappa shape index (κ2) is 6.53. The third kappa shape index (κ3) is 4.07. The predicted octanol–water partition coefficient (Wildman–Crippen LogP) is 3.09. The maximum Gasteiger partial charge on any atom is 0.335 e. The first-order chi connectivity index (χ1) is 9.54. The van der Waals surface area contributed by atoms with Gasteiger partial charge in [-0.3, -0.25) is 4.79 Å². The molecule has 0 radical (unpaired) electrons. The molecule has 5 nitrogen and oxygen atoms in total. The first kappa shape index (κ1) is 14.5. The van der Waals surface area contributed by atoms with Gasteiger partial charge in [-0.2, -0.15) is 0 Å². The van der Waals surface area contributed by atoms with Gasteiger partial charge in [0.1, 0.15) is 0 Å². The van der Waals surface area contributed by atoms with E-state index in [1.807, 2.05) is 5.38 Å². The summed E-state index contributed by atoms with van der Waals surface area (Å²) in [5, 5.41) is 13.9. The van der Waals surface area contributed by atoms with Crippen molar-refractivity contribution in [1.82, 2.24) is 4.98 Å². The molecule has 1 heterocycles. The number of rotatable bonds is 5. The fourth-order valence-corrected chi connectivity index (χ4v) is 3.09. The molecule has 0 unspecified atom stereocenters. The molecule has 0 spiro atoms. The Bertz CT molecular complexity index is 623. The minimum absolute atomic E-state index is 0.136. The molecule has 1 aromatic carbocycles. The molecule has 0 atom stereocenters. The van der Waals surface area contributed by atoms with Gasteiger partial charge in [-0.1, -0.05) is 0 Å². The van der Waals surface area contributed by atoms with Crippen LogP contribution in [-0.2, 0) is 10.5 Å². The van der Waals surface area contributed by atoms with E-state index in [-0.39, 0.29) is 11.5 Å². The average Bonchev–Trinajstić information content (AvgIpc) is 2.83. The highest BCUT2D eigenvalue weighted by atomic mass is 32.2. The third-order valence-corrected chi connectivity index (χ3v) is 4.17. The molecule has 0 aliphatic heterocycles. The van der Waals surface area contributed by atoms with E-state index in [1.54, 1.807) is 36.0 Å². The molecule has 20 heavy (non-hydrogen) atoms. The van der Waals surface area contributed by atoms with Crippen LogP contribution in [0.15, 0.2) is 34.5 Å². The first-order valence-corrected chi connectivity index (χ1v) is 7.59. The van der Waals surface area contributed by atoms with E-state index in [0.29, 0.717) is 10.9 Å². The smallest absolute Gasteiger partial charge is 0.335 e. The summed E-state index contributed by atoms with van der Waals surface area (Å²) < 4.78 is 0. The van der Waals surface area contributed by atoms with Crippen LogP contribution in [0.4, 0.5) is 5.13 Å². The number of anilines is 1. The van der Waals surface area contributed by atoms with Crippen LogP contribution in [0.25, 0.3) is 0 Å². The number of thioether (sulfide) groups is 1. The number of hydrogen-bond acceptors (Lipinski definition) is 5. The van der Waals surface area contributed by atoms with Gasteiger partial charge in [0.15, 0.2) is 5.13 Å². The van der Waals surface area contributed by atoms with Crippen molar-refractivity contribution < 1.29 is 14.7 Å². The summed E-state index contributed by atoms with van der Waals surface area (Å²) in [6, 6.07) is 6.70. The fraction of sp³-hybridized carbons (Fsp3) is 0.154. The van der Waals surface area contributed by atoms with Gasteiger partial charge in [-0.15, -0.1) is 23.1 Å². The minimum Gasteiger partial charge on any atom is -0.478 e. The van der Waals surface area contributed by atoms with Crippen molar-refractivity contribution in [3.8, 4) is 0 Å². The van der Waals surface area contributed by atoms with E-state index in [4.69, 9.17) is 5.11 Å². The molecule has 2 rings (SSSR count). The summed E-state index contributed by atoms with van der Waals surface area (Å²) >= 11 is 2.95. The van der Waals surface area contributed by atoms with Gasteiger partial charge < -0.3 is 10.4 Å². The zero-order valence-corrected chi connectivity index (χ0v) is 12.3. The van der Waals surface area contributed by atoms with Crippen LogP contribution in [0.3, 0.4) is 0 Å². The normalized spacial score (nSPS) is 10.2. The molecule has 2 aromatic rings. The summed E-state index contributed by atoms with van der Waals surface area (Å²) in [4.78, 5) is 26.9. The van der Waals surface area contributed by atoms with Crippen LogP contribution in [0, 0.1) is 0 Å². The van der Waals surface area contributed by atoms with E-state index in [9.17, 15) is 9.59 Å². The molecule has 7 heteroatoms. The summed E-state index contributed by atoms with van der Waals surface area (Å²) in [5.74, 6) is -0.397. The molecule has 0 saturated carbocycles. The molecule has 1 amide bonds. The van der Waals surface area contributed by atoms with Crippen molar-refractivity contribution in [2.45, 2.75) is 17.6 Å². The van der Waals surface area contributed by atoms with Gasteiger partial charge in [0, 0.05) is 23.0 Å². The van der Waals surface area contributed by atoms with Crippen molar-refractivity contribution in [3.05, 3.63) is 40.9 Å². The number of hydrogen-bond donors (Lipinski definition) is 2. The molecule has 0 aliphatic rings. The maximum atomic E-state index is 10.9. The lowest BCUT2D eigenvalue weighted by atomic mass is 10.2. The Morgan fingerprint density at radius 1 is 1.35 bits per heavy atom. The van der Waals surface area contributed by atoms with E-state index in [0.717, 1.165) is 10.6 Å². The molecule has 0 saturated heterocycles. The SMILES string of the molecule is CC(=O)Nc1nc(CSc2ccc(C(=O)O)cc2)cs1. The van der Waals surface area contributed by atoms with Gasteiger partial charge in [0.25, 0.3) is 0 Å². The van der Waals surface area contributed by atoms with Crippen LogP contribution in [-0.4, -0.2) is 22.0 Å². The largest absolute Gasteiger partial charge is 0.478 e. The van der Waals surface area contributed by atoms with Crippen LogP contribution in [0.5, 0.6) is 0 Å². The second-order valence-electron chi connectivity index (χ2n) is 3.94. The Morgan fingerprint density at radius 3 is 2.65 bits per heavy atom. The van der Waals surface area contributed by atoms with E-state index in [2.05, 4.69) is 10.3 Å². The summed E-state index contributed by atoms with van der Waals surface area (Å²) in [7, 11) is 0. The predicted molar refractivity (Wildman–Crippen MR) is 79.4 cm³/mol. The number of carboxylic acids is 1. The highest BCUT2D eigenvalue weighted by Gasteiger charge is 2.05. The number of benzene rings is 1. The Morgan fingerprint density at radius 2 is 2.05 bits per heavy atom. The van der Waals surface area contributed by atoms with Crippen molar-refractivity contribution in [2.24, 2.45) is 0 Å². The Hall–Kier alpha value is -1.86. The van der Waals surface area contributed by atoms with Gasteiger partial charge in [0.05, 0.1) is 11.3 Å². The number of thiazole rings is 1. The number of aromatic nitrogens is 1. The number of carboxylic acid groups (broad SMARTS) is 1. The van der Waals surface area contributed by atoms with Crippen LogP contribution in [0.1, 0.15) is 23.0 Å². The highest BCUT2D eigenvalue weighted by Crippen LogP contribution is 2.25. The zero-order chi connectivity index (χ0) is 14.5. The maximum absolute atomic E-state index is 10.9. The van der Waals surface area contributed by atoms with Crippen molar-refractivity contribution in [3.63, 3.8) is 0 Å². The zero-order valence-electron chi connectivity index (χ0n) is 10.6. The van der Waals surface area contributed by atoms with Crippen molar-refractivity contribution >= 4 is 40.1 Å². The number of carbonyl (C=O) groups excluding carboxylic acids is 1. The van der Waals surface area contributed by atoms with Gasteiger partial charge in [-0.05, 0) is 24.3 Å². The lowest BCUT2D eigenvalue weighted by molar-refractivity contribution is -0.114. The lowest BCUT2D eigenvalue weighted by Crippen LogP contribution is -2.05. The monoisotopic (exact) mass is 308 g/mol. The van der Waals surface area contributed by atoms with Gasteiger partial charge in [0.2, 0.25) is 5.91 Å². The average molecular weight is 308 g/mol. The van der Waals surface area contributed by atoms with Crippen LogP contribution >= 0.6 is 23.1 Å². The standard InChI is InChI=1S/C13H12N2O3S2/c1-8(16)14-13-15-10(7-20-13)6-19-11-4-2-9(3-5-11)12(17)18/h2-5,7H,6H2,1H3,(H,17,18)(H,14,15,16). The Balaban J connectivity index is 1.93. The number of nitrogens with one attached hydrogen (secondary N) is 1. The lowest BCUT2D eigenvalue weighted by Gasteiger charge is -2.00. The van der Waals surface area contributed by atoms with Crippen molar-refractivity contribution in [1.29, 1.82) is 0 Å². The fourth-order valence-electron chi connectivity index (χ4n) is 1.43. The summed E-state index contributed by atoms with van der Waals surface area (Å²) in [6.07, 6.45) is 0. The van der Waals surface area contributed by atoms with Crippen LogP contribution in [0.2, 0.25) is 0 Å². The van der Waals surface area contributed by atoms with Crippen molar-refractivity contribution in [2.75, 3.05) is 5.32 Å². The molecule has 0 bridgehead atoms. The molecular weight excluding hydrogens is 296 g/mol. The third-order valence-electron chi connectivity index (χ3n) is 2.32. The topological polar surface area (TPSA) is 79.3 Å². The van der Waals surface area contributed by atoms with Gasteiger partial charge >= 0.3 is 5.97 Å². The second-order valence-corrected chi connectivity index (χ2v) is 5.85. The van der Waals surface area contributed by atoms with Crippen LogP contribution < -0.4 is 5.32 Å². The first-order valence-electron chi connectivity index (χ1n) is 5.73. The minimum atomic E-state index is -0.930. The summed E-state index contributed by atoms with van der Waals surface area (Å²) in [5.41, 5.74) is 1.15. The quantitative estimate of drug-likeness (QED) is 0.830. The molecule has 0 fully saturated rings. The Labute approximate surface area is 124 Å². The molecule has 0 aliphatic carbocycles.